The molecular formula is C30H32N10O3. The first-order valence-electron chi connectivity index (χ1n) is 14.5. The summed E-state index contributed by atoms with van der Waals surface area (Å²) < 4.78 is 1.94. The molecule has 4 amide bonds. The molecule has 0 spiro atoms. The van der Waals surface area contributed by atoms with Crippen LogP contribution in [-0.4, -0.2) is 65.7 Å². The molecule has 2 N–H and O–H groups in total. The van der Waals surface area contributed by atoms with E-state index in [2.05, 4.69) is 36.8 Å². The summed E-state index contributed by atoms with van der Waals surface area (Å²) in [4.78, 5) is 63.4. The standard InChI is InChI=1S/C30H32N10O3/c1-15-7-8-31-27(32-15)20-10-21(20)29(42)37-25-11-24(34-17(3)35-25)33-16(2)22-13-39-12-19(18-5-6-18)9-23(28(39)36-22)40-14-26(41)38(4)30(40)43/h7-9,11-13,16,18,20-21H,5-6,10,14H2,1-4H3,(H2,33,34,35,37,42)/t16-,20?,21+/m1/s1. The predicted octanol–water partition coefficient (Wildman–Crippen LogP) is 3.72. The minimum absolute atomic E-state index is 0.00944. The number of rotatable bonds is 8. The summed E-state index contributed by atoms with van der Waals surface area (Å²) in [7, 11) is 1.50. The summed E-state index contributed by atoms with van der Waals surface area (Å²) in [6, 6.07) is 4.92. The number of urea groups is 1. The molecule has 2 saturated carbocycles. The molecule has 13 nitrogen and oxygen atoms in total. The van der Waals surface area contributed by atoms with E-state index in [9.17, 15) is 14.4 Å². The molecule has 0 bridgehead atoms. The molecule has 0 aromatic carbocycles. The lowest BCUT2D eigenvalue weighted by Crippen LogP contribution is -2.30. The van der Waals surface area contributed by atoms with Crippen LogP contribution in [-0.2, 0) is 9.59 Å². The van der Waals surface area contributed by atoms with E-state index in [1.54, 1.807) is 19.2 Å². The largest absolute Gasteiger partial charge is 0.362 e. The maximum Gasteiger partial charge on any atom is 0.331 e. The van der Waals surface area contributed by atoms with Crippen LogP contribution in [0.15, 0.2) is 36.8 Å². The van der Waals surface area contributed by atoms with Gasteiger partial charge in [0.15, 0.2) is 5.65 Å². The van der Waals surface area contributed by atoms with E-state index in [0.29, 0.717) is 47.0 Å². The molecule has 0 radical (unpaired) electrons. The molecule has 3 atom stereocenters. The monoisotopic (exact) mass is 580 g/mol. The van der Waals surface area contributed by atoms with Gasteiger partial charge in [-0.1, -0.05) is 0 Å². The van der Waals surface area contributed by atoms with Crippen LogP contribution < -0.4 is 15.5 Å². The van der Waals surface area contributed by atoms with Gasteiger partial charge in [-0.05, 0) is 63.6 Å². The number of fused-ring (bicyclic) bond motifs is 1. The Morgan fingerprint density at radius 1 is 1.05 bits per heavy atom. The fourth-order valence-electron chi connectivity index (χ4n) is 5.59. The first-order chi connectivity index (χ1) is 20.6. The Labute approximate surface area is 247 Å². The molecular weight excluding hydrogens is 548 g/mol. The quantitative estimate of drug-likeness (QED) is 0.297. The van der Waals surface area contributed by atoms with Crippen molar-refractivity contribution in [3.05, 3.63) is 65.4 Å². The summed E-state index contributed by atoms with van der Waals surface area (Å²) >= 11 is 0. The number of imidazole rings is 1. The van der Waals surface area contributed by atoms with Gasteiger partial charge in [0.25, 0.3) is 0 Å². The summed E-state index contributed by atoms with van der Waals surface area (Å²) in [6.07, 6.45) is 8.62. The molecule has 3 aliphatic rings. The fraction of sp³-hybridized carbons (Fsp3) is 0.400. The number of hydrogen-bond acceptors (Lipinski definition) is 9. The lowest BCUT2D eigenvalue weighted by molar-refractivity contribution is -0.124. The van der Waals surface area contributed by atoms with Crippen molar-refractivity contribution in [2.75, 3.05) is 29.1 Å². The summed E-state index contributed by atoms with van der Waals surface area (Å²) in [5.74, 6) is 2.06. The van der Waals surface area contributed by atoms with Gasteiger partial charge >= 0.3 is 6.03 Å². The molecule has 43 heavy (non-hydrogen) atoms. The highest BCUT2D eigenvalue weighted by molar-refractivity contribution is 6.13. The number of likely N-dealkylation sites (N-methyl/N-ethyl adjacent to an activating group) is 1. The number of pyridine rings is 1. The summed E-state index contributed by atoms with van der Waals surface area (Å²) in [5, 5.41) is 6.31. The minimum Gasteiger partial charge on any atom is -0.362 e. The predicted molar refractivity (Wildman–Crippen MR) is 158 cm³/mol. The molecule has 1 unspecified atom stereocenters. The van der Waals surface area contributed by atoms with Crippen LogP contribution in [0.1, 0.15) is 72.7 Å². The number of carbonyl (C=O) groups excluding carboxylic acids is 3. The Morgan fingerprint density at radius 2 is 1.84 bits per heavy atom. The number of amides is 4. The first-order valence-corrected chi connectivity index (χ1v) is 14.5. The maximum atomic E-state index is 13.0. The molecule has 1 aliphatic heterocycles. The van der Waals surface area contributed by atoms with Crippen LogP contribution in [0.2, 0.25) is 0 Å². The zero-order valence-corrected chi connectivity index (χ0v) is 24.4. The van der Waals surface area contributed by atoms with E-state index >= 15 is 0 Å². The number of aryl methyl sites for hydroxylation is 2. The normalized spacial score (nSPS) is 20.6. The second-order valence-electron chi connectivity index (χ2n) is 11.7. The van der Waals surface area contributed by atoms with Crippen molar-refractivity contribution in [3.63, 3.8) is 0 Å². The zero-order valence-electron chi connectivity index (χ0n) is 24.4. The van der Waals surface area contributed by atoms with Crippen molar-refractivity contribution in [3.8, 4) is 0 Å². The van der Waals surface area contributed by atoms with Crippen molar-refractivity contribution in [2.24, 2.45) is 5.92 Å². The highest BCUT2D eigenvalue weighted by atomic mass is 16.2. The van der Waals surface area contributed by atoms with Crippen LogP contribution in [0, 0.1) is 19.8 Å². The maximum absolute atomic E-state index is 13.0. The minimum atomic E-state index is -0.356. The second kappa shape index (κ2) is 10.1. The molecule has 13 heteroatoms. The average Bonchev–Trinajstić information content (AvgIpc) is 3.89. The Hall–Kier alpha value is -4.94. The van der Waals surface area contributed by atoms with E-state index < -0.39 is 0 Å². The molecule has 7 rings (SSSR count). The van der Waals surface area contributed by atoms with E-state index in [0.717, 1.165) is 34.7 Å². The van der Waals surface area contributed by atoms with Crippen molar-refractivity contribution in [2.45, 2.75) is 57.9 Å². The summed E-state index contributed by atoms with van der Waals surface area (Å²) in [6.45, 7) is 5.64. The van der Waals surface area contributed by atoms with Gasteiger partial charge in [-0.15, -0.1) is 0 Å². The van der Waals surface area contributed by atoms with E-state index in [1.165, 1.54) is 11.9 Å². The van der Waals surface area contributed by atoms with Crippen molar-refractivity contribution in [1.29, 1.82) is 0 Å². The van der Waals surface area contributed by atoms with Crippen molar-refractivity contribution >= 4 is 40.8 Å². The lowest BCUT2D eigenvalue weighted by atomic mass is 10.1. The molecule has 3 fully saturated rings. The van der Waals surface area contributed by atoms with Crippen LogP contribution in [0.3, 0.4) is 0 Å². The second-order valence-corrected chi connectivity index (χ2v) is 11.7. The SMILES string of the molecule is Cc1ccnc(C2C[C@@H]2C(=O)Nc2cc(N[C@H](C)c3cn4cc(C5CC5)cc(N5CC(=O)N(C)C5=O)c4n3)nc(C)n2)n1. The smallest absolute Gasteiger partial charge is 0.331 e. The first kappa shape index (κ1) is 26.9. The number of carbonyl (C=O) groups is 3. The van der Waals surface area contributed by atoms with E-state index in [-0.39, 0.29) is 42.3 Å². The number of anilines is 3. The van der Waals surface area contributed by atoms with Gasteiger partial charge < -0.3 is 15.0 Å². The van der Waals surface area contributed by atoms with Gasteiger partial charge in [0, 0.05) is 49.2 Å². The van der Waals surface area contributed by atoms with E-state index in [4.69, 9.17) is 4.98 Å². The molecule has 220 valence electrons. The van der Waals surface area contributed by atoms with E-state index in [1.807, 2.05) is 36.6 Å². The number of aromatic nitrogens is 6. The Kier molecular flexibility index (Phi) is 6.33. The number of nitrogens with zero attached hydrogens (tertiary/aromatic N) is 8. The van der Waals surface area contributed by atoms with Gasteiger partial charge in [-0.2, -0.15) is 0 Å². The third kappa shape index (κ3) is 5.15. The number of hydrogen-bond donors (Lipinski definition) is 2. The van der Waals surface area contributed by atoms with Gasteiger partial charge in [-0.25, -0.2) is 29.7 Å². The van der Waals surface area contributed by atoms with Gasteiger partial charge in [0.2, 0.25) is 11.8 Å². The Balaban J connectivity index is 1.10. The Morgan fingerprint density at radius 3 is 2.56 bits per heavy atom. The topological polar surface area (TPSA) is 151 Å². The third-order valence-electron chi connectivity index (χ3n) is 8.27. The van der Waals surface area contributed by atoms with Crippen LogP contribution in [0.25, 0.3) is 5.65 Å². The van der Waals surface area contributed by atoms with Crippen LogP contribution in [0.5, 0.6) is 0 Å². The molecule has 1 saturated heterocycles. The molecule has 2 aliphatic carbocycles. The zero-order chi connectivity index (χ0) is 30.0. The third-order valence-corrected chi connectivity index (χ3v) is 8.27. The van der Waals surface area contributed by atoms with Gasteiger partial charge in [0.05, 0.1) is 17.4 Å². The van der Waals surface area contributed by atoms with Crippen LogP contribution >= 0.6 is 0 Å². The average molecular weight is 581 g/mol. The van der Waals surface area contributed by atoms with Crippen molar-refractivity contribution in [1.82, 2.24) is 34.2 Å². The highest BCUT2D eigenvalue weighted by Crippen LogP contribution is 2.46. The van der Waals surface area contributed by atoms with Gasteiger partial charge in [0.1, 0.15) is 29.8 Å². The van der Waals surface area contributed by atoms with Gasteiger partial charge in [-0.3, -0.25) is 19.4 Å². The number of nitrogens with one attached hydrogen (secondary N) is 2. The molecule has 4 aromatic heterocycles. The lowest BCUT2D eigenvalue weighted by Gasteiger charge is -2.17. The number of imide groups is 1. The molecule has 4 aromatic rings. The Bertz CT molecular complexity index is 1800. The highest BCUT2D eigenvalue weighted by Gasteiger charge is 2.46. The molecule has 5 heterocycles. The van der Waals surface area contributed by atoms with Crippen LogP contribution in [0.4, 0.5) is 22.1 Å². The van der Waals surface area contributed by atoms with Crippen molar-refractivity contribution < 1.29 is 14.4 Å². The summed E-state index contributed by atoms with van der Waals surface area (Å²) in [5.41, 5.74) is 3.97. The fourth-order valence-corrected chi connectivity index (χ4v) is 5.59.